The number of amides is 2. The molecule has 10 heteroatoms. The van der Waals surface area contributed by atoms with Crippen molar-refractivity contribution >= 4 is 11.8 Å². The normalized spacial score (nSPS) is 26.9. The number of hydrogen-bond acceptors (Lipinski definition) is 5. The summed E-state index contributed by atoms with van der Waals surface area (Å²) in [4.78, 5) is 35.0. The van der Waals surface area contributed by atoms with Crippen LogP contribution in [0.3, 0.4) is 0 Å². The molecule has 7 nitrogen and oxygen atoms in total. The van der Waals surface area contributed by atoms with Crippen LogP contribution >= 0.6 is 0 Å². The Labute approximate surface area is 238 Å². The Morgan fingerprint density at radius 2 is 1.95 bits per heavy atom. The molecule has 1 N–H and O–H groups in total. The summed E-state index contributed by atoms with van der Waals surface area (Å²) in [6.45, 7) is 3.31. The Morgan fingerprint density at radius 3 is 2.80 bits per heavy atom. The van der Waals surface area contributed by atoms with Crippen LogP contribution in [0.1, 0.15) is 70.8 Å². The fraction of sp³-hybridized carbons (Fsp3) is 0.581. The van der Waals surface area contributed by atoms with Gasteiger partial charge in [0.1, 0.15) is 0 Å². The van der Waals surface area contributed by atoms with Gasteiger partial charge in [0.05, 0.1) is 12.1 Å². The van der Waals surface area contributed by atoms with Crippen LogP contribution in [0.25, 0.3) is 0 Å². The lowest BCUT2D eigenvalue weighted by Crippen LogP contribution is -2.49. The number of aromatic nitrogens is 1. The molecular formula is C31H37F3N4O3. The molecule has 1 aromatic heterocycles. The molecule has 2 saturated heterocycles. The van der Waals surface area contributed by atoms with Gasteiger partial charge in [0, 0.05) is 68.3 Å². The van der Waals surface area contributed by atoms with Crippen molar-refractivity contribution in [1.29, 1.82) is 0 Å². The molecule has 4 atom stereocenters. The van der Waals surface area contributed by atoms with Crippen LogP contribution in [0.15, 0.2) is 36.5 Å². The van der Waals surface area contributed by atoms with Crippen LogP contribution in [0, 0.1) is 5.92 Å². The Kier molecular flexibility index (Phi) is 8.05. The third kappa shape index (κ3) is 6.14. The van der Waals surface area contributed by atoms with Gasteiger partial charge in [0.25, 0.3) is 5.91 Å². The zero-order valence-electron chi connectivity index (χ0n) is 23.2. The van der Waals surface area contributed by atoms with Crippen LogP contribution < -0.4 is 5.32 Å². The summed E-state index contributed by atoms with van der Waals surface area (Å²) in [5, 5.41) is 3.23. The summed E-state index contributed by atoms with van der Waals surface area (Å²) in [7, 11) is 0. The number of carbonyl (C=O) groups excluding carboxylic acids is 2. The number of hydrogen-bond donors (Lipinski definition) is 1. The summed E-state index contributed by atoms with van der Waals surface area (Å²) < 4.78 is 45.5. The number of alkyl halides is 3. The summed E-state index contributed by atoms with van der Waals surface area (Å²) >= 11 is 0. The van der Waals surface area contributed by atoms with E-state index in [0.29, 0.717) is 30.5 Å². The molecule has 2 fully saturated rings. The standard InChI is InChI=1S/C31H37F3N4O3/c32-31(33,34)24-8-7-20-9-12-37(30(40)26(20)16-24)19-28(39)36-27-18-38(25-4-2-13-41-14-10-25)17-23(27)15-22-6-5-21-3-1-11-35-29(21)22/h1,3,7-8,11,16,22-23,25,27H,2,4-6,9-10,12-15,17-19H2,(H,36,39). The number of pyridine rings is 1. The van der Waals surface area contributed by atoms with Crippen molar-refractivity contribution in [3.8, 4) is 0 Å². The van der Waals surface area contributed by atoms with E-state index < -0.39 is 17.6 Å². The summed E-state index contributed by atoms with van der Waals surface area (Å²) in [6, 6.07) is 7.79. The molecule has 220 valence electrons. The molecule has 0 saturated carbocycles. The number of benzene rings is 1. The summed E-state index contributed by atoms with van der Waals surface area (Å²) in [5.74, 6) is -0.187. The minimum absolute atomic E-state index is 0.0341. The summed E-state index contributed by atoms with van der Waals surface area (Å²) in [6.07, 6.45) is 3.84. The highest BCUT2D eigenvalue weighted by molar-refractivity contribution is 5.99. The van der Waals surface area contributed by atoms with Crippen molar-refractivity contribution in [3.05, 3.63) is 64.5 Å². The SMILES string of the molecule is O=C(CN1CCc2ccc(C(F)(F)F)cc2C1=O)NC1CN(C2CCCOCC2)CC1CC1CCc2cccnc21. The predicted octanol–water partition coefficient (Wildman–Crippen LogP) is 4.20. The molecule has 2 aromatic rings. The van der Waals surface area contributed by atoms with Crippen LogP contribution in [-0.2, 0) is 28.5 Å². The second-order valence-corrected chi connectivity index (χ2v) is 12.0. The molecule has 0 radical (unpaired) electrons. The first-order chi connectivity index (χ1) is 19.8. The number of rotatable bonds is 6. The van der Waals surface area contributed by atoms with E-state index in [1.165, 1.54) is 22.2 Å². The maximum Gasteiger partial charge on any atom is 0.416 e. The number of ether oxygens (including phenoxy) is 1. The molecular weight excluding hydrogens is 533 g/mol. The van der Waals surface area contributed by atoms with Gasteiger partial charge in [0.15, 0.2) is 0 Å². The zero-order chi connectivity index (χ0) is 28.6. The highest BCUT2D eigenvalue weighted by atomic mass is 19.4. The van der Waals surface area contributed by atoms with Crippen LogP contribution in [0.5, 0.6) is 0 Å². The van der Waals surface area contributed by atoms with Gasteiger partial charge >= 0.3 is 6.18 Å². The van der Waals surface area contributed by atoms with Crippen LogP contribution in [0.2, 0.25) is 0 Å². The van der Waals surface area contributed by atoms with Crippen molar-refractivity contribution in [2.75, 3.05) is 39.4 Å². The maximum absolute atomic E-state index is 13.3. The minimum Gasteiger partial charge on any atom is -0.381 e. The molecule has 41 heavy (non-hydrogen) atoms. The van der Waals surface area contributed by atoms with Crippen molar-refractivity contribution in [2.45, 2.75) is 69.1 Å². The number of halogens is 3. The lowest BCUT2D eigenvalue weighted by atomic mass is 9.89. The van der Waals surface area contributed by atoms with E-state index in [1.54, 1.807) is 0 Å². The molecule has 2 amide bonds. The van der Waals surface area contributed by atoms with E-state index in [4.69, 9.17) is 4.74 Å². The molecule has 4 aliphatic rings. The highest BCUT2D eigenvalue weighted by Crippen LogP contribution is 2.39. The smallest absolute Gasteiger partial charge is 0.381 e. The van der Waals surface area contributed by atoms with E-state index in [1.807, 2.05) is 12.3 Å². The molecule has 0 bridgehead atoms. The average molecular weight is 571 g/mol. The number of nitrogens with one attached hydrogen (secondary N) is 1. The fourth-order valence-corrected chi connectivity index (χ4v) is 7.22. The van der Waals surface area contributed by atoms with Gasteiger partial charge in [0.2, 0.25) is 5.91 Å². The Bertz CT molecular complexity index is 1280. The topological polar surface area (TPSA) is 74.8 Å². The van der Waals surface area contributed by atoms with E-state index >= 15 is 0 Å². The third-order valence-electron chi connectivity index (χ3n) is 9.36. The first-order valence-electron chi connectivity index (χ1n) is 14.8. The van der Waals surface area contributed by atoms with E-state index in [2.05, 4.69) is 21.3 Å². The van der Waals surface area contributed by atoms with E-state index in [0.717, 1.165) is 77.0 Å². The van der Waals surface area contributed by atoms with Gasteiger partial charge < -0.3 is 15.0 Å². The largest absolute Gasteiger partial charge is 0.416 e. The lowest BCUT2D eigenvalue weighted by Gasteiger charge is -2.30. The van der Waals surface area contributed by atoms with Crippen molar-refractivity contribution in [1.82, 2.24) is 20.1 Å². The third-order valence-corrected chi connectivity index (χ3v) is 9.36. The average Bonchev–Trinajstić information content (AvgIpc) is 3.42. The maximum atomic E-state index is 13.3. The number of likely N-dealkylation sites (tertiary alicyclic amines) is 1. The van der Waals surface area contributed by atoms with Crippen molar-refractivity contribution in [2.24, 2.45) is 5.92 Å². The molecule has 4 heterocycles. The van der Waals surface area contributed by atoms with Gasteiger partial charge in [-0.2, -0.15) is 13.2 Å². The second-order valence-electron chi connectivity index (χ2n) is 12.0. The van der Waals surface area contributed by atoms with E-state index in [-0.39, 0.29) is 30.0 Å². The number of fused-ring (bicyclic) bond motifs is 2. The van der Waals surface area contributed by atoms with Crippen molar-refractivity contribution in [3.63, 3.8) is 0 Å². The van der Waals surface area contributed by atoms with E-state index in [9.17, 15) is 22.8 Å². The molecule has 0 spiro atoms. The highest BCUT2D eigenvalue weighted by Gasteiger charge is 2.40. The second kappa shape index (κ2) is 11.7. The quantitative estimate of drug-likeness (QED) is 0.564. The Balaban J connectivity index is 1.14. The Morgan fingerprint density at radius 1 is 1.07 bits per heavy atom. The van der Waals surface area contributed by atoms with Gasteiger partial charge in [-0.3, -0.25) is 19.5 Å². The Hall–Kier alpha value is -2.98. The molecule has 6 rings (SSSR count). The number of carbonyl (C=O) groups is 2. The van der Waals surface area contributed by atoms with Gasteiger partial charge in [-0.25, -0.2) is 0 Å². The fourth-order valence-electron chi connectivity index (χ4n) is 7.22. The molecule has 3 aliphatic heterocycles. The van der Waals surface area contributed by atoms with Gasteiger partial charge in [-0.15, -0.1) is 0 Å². The zero-order valence-corrected chi connectivity index (χ0v) is 23.2. The van der Waals surface area contributed by atoms with Crippen molar-refractivity contribution < 1.29 is 27.5 Å². The van der Waals surface area contributed by atoms with Crippen LogP contribution in [-0.4, -0.2) is 78.1 Å². The number of nitrogens with zero attached hydrogens (tertiary/aromatic N) is 3. The summed E-state index contributed by atoms with van der Waals surface area (Å²) in [5.41, 5.74) is 2.26. The lowest BCUT2D eigenvalue weighted by molar-refractivity contribution is -0.137. The van der Waals surface area contributed by atoms with Gasteiger partial charge in [-0.05, 0) is 80.2 Å². The van der Waals surface area contributed by atoms with Gasteiger partial charge in [-0.1, -0.05) is 12.1 Å². The minimum atomic E-state index is -4.53. The first-order valence-corrected chi connectivity index (χ1v) is 14.8. The molecule has 1 aromatic carbocycles. The molecule has 1 aliphatic carbocycles. The monoisotopic (exact) mass is 570 g/mol. The predicted molar refractivity (Wildman–Crippen MR) is 146 cm³/mol. The van der Waals surface area contributed by atoms with Crippen LogP contribution in [0.4, 0.5) is 13.2 Å². The molecule has 4 unspecified atom stereocenters. The first kappa shape index (κ1) is 28.2. The number of aryl methyl sites for hydroxylation is 1.